The predicted octanol–water partition coefficient (Wildman–Crippen LogP) is 3.75. The van der Waals surface area contributed by atoms with Crippen LogP contribution in [0, 0.1) is 13.8 Å². The van der Waals surface area contributed by atoms with Crippen LogP contribution < -0.4 is 0 Å². The Morgan fingerprint density at radius 2 is 1.92 bits per heavy atom. The number of aliphatic carboxylic acids is 1. The Hall–Kier alpha value is -1.88. The van der Waals surface area contributed by atoms with Crippen molar-refractivity contribution in [3.05, 3.63) is 34.9 Å². The smallest absolute Gasteiger partial charge is 0.348 e. The zero-order valence-corrected chi connectivity index (χ0v) is 15.5. The van der Waals surface area contributed by atoms with Crippen molar-refractivity contribution in [2.75, 3.05) is 6.61 Å². The molecule has 1 unspecified atom stereocenters. The number of rotatable bonds is 6. The molecule has 1 atom stereocenters. The highest BCUT2D eigenvalue weighted by Crippen LogP contribution is 2.35. The van der Waals surface area contributed by atoms with Gasteiger partial charge in [-0.1, -0.05) is 23.8 Å². The highest BCUT2D eigenvalue weighted by Gasteiger charge is 2.46. The molecular formula is C20H28O5. The van der Waals surface area contributed by atoms with Crippen LogP contribution in [0.1, 0.15) is 62.1 Å². The third kappa shape index (κ3) is 4.40. The van der Waals surface area contributed by atoms with E-state index in [0.29, 0.717) is 32.3 Å². The van der Waals surface area contributed by atoms with E-state index >= 15 is 0 Å². The van der Waals surface area contributed by atoms with Gasteiger partial charge in [0.05, 0.1) is 12.0 Å². The largest absolute Gasteiger partial charge is 0.478 e. The van der Waals surface area contributed by atoms with Gasteiger partial charge in [0.25, 0.3) is 0 Å². The van der Waals surface area contributed by atoms with Crippen LogP contribution in [0.2, 0.25) is 0 Å². The van der Waals surface area contributed by atoms with Gasteiger partial charge in [0.2, 0.25) is 5.60 Å². The minimum Gasteiger partial charge on any atom is -0.478 e. The van der Waals surface area contributed by atoms with Crippen molar-refractivity contribution in [1.82, 2.24) is 0 Å². The molecule has 1 N–H and O–H groups in total. The van der Waals surface area contributed by atoms with Gasteiger partial charge in [0, 0.05) is 19.4 Å². The average molecular weight is 348 g/mol. The molecule has 138 valence electrons. The van der Waals surface area contributed by atoms with Crippen LogP contribution in [0.25, 0.3) is 0 Å². The second kappa shape index (κ2) is 8.00. The van der Waals surface area contributed by atoms with Gasteiger partial charge in [-0.15, -0.1) is 0 Å². The Morgan fingerprint density at radius 1 is 1.28 bits per heavy atom. The number of carboxylic acids is 1. The number of hydrogen-bond donors (Lipinski definition) is 1. The number of benzene rings is 1. The van der Waals surface area contributed by atoms with Crippen LogP contribution in [0.3, 0.4) is 0 Å². The summed E-state index contributed by atoms with van der Waals surface area (Å²) in [4.78, 5) is 24.5. The normalized spacial score (nSPS) is 24.6. The second-order valence-corrected chi connectivity index (χ2v) is 6.96. The molecule has 1 aromatic carbocycles. The minimum absolute atomic E-state index is 0.0490. The Labute approximate surface area is 149 Å². The number of hydrogen-bond acceptors (Lipinski definition) is 4. The lowest BCUT2D eigenvalue weighted by Crippen LogP contribution is -2.48. The summed E-state index contributed by atoms with van der Waals surface area (Å²) in [5.74, 6) is -2.05. The fourth-order valence-electron chi connectivity index (χ4n) is 3.54. The first-order valence-corrected chi connectivity index (χ1v) is 8.94. The van der Waals surface area contributed by atoms with E-state index in [2.05, 4.69) is 0 Å². The molecule has 0 saturated heterocycles. The van der Waals surface area contributed by atoms with E-state index in [0.717, 1.165) is 16.7 Å². The Balaban J connectivity index is 2.11. The van der Waals surface area contributed by atoms with E-state index in [4.69, 9.17) is 9.47 Å². The highest BCUT2D eigenvalue weighted by molar-refractivity contribution is 5.85. The molecule has 2 rings (SSSR count). The number of carbonyl (C=O) groups is 2. The number of esters is 1. The van der Waals surface area contributed by atoms with Gasteiger partial charge in [0.15, 0.2) is 0 Å². The molecule has 0 heterocycles. The van der Waals surface area contributed by atoms with Crippen LogP contribution in [-0.2, 0) is 19.1 Å². The topological polar surface area (TPSA) is 72.8 Å². The van der Waals surface area contributed by atoms with Gasteiger partial charge in [-0.05, 0) is 51.7 Å². The maximum atomic E-state index is 12.6. The fourth-order valence-corrected chi connectivity index (χ4v) is 3.54. The quantitative estimate of drug-likeness (QED) is 0.793. The lowest BCUT2D eigenvalue weighted by Gasteiger charge is -2.36. The van der Waals surface area contributed by atoms with E-state index in [-0.39, 0.29) is 6.10 Å². The fraction of sp³-hybridized carbons (Fsp3) is 0.600. The van der Waals surface area contributed by atoms with Gasteiger partial charge in [0.1, 0.15) is 0 Å². The minimum atomic E-state index is -1.43. The molecule has 1 saturated carbocycles. The molecule has 1 aromatic rings. The van der Waals surface area contributed by atoms with Gasteiger partial charge >= 0.3 is 11.9 Å². The summed E-state index contributed by atoms with van der Waals surface area (Å²) >= 11 is 0. The van der Waals surface area contributed by atoms with Crippen molar-refractivity contribution in [3.63, 3.8) is 0 Å². The van der Waals surface area contributed by atoms with E-state index in [1.165, 1.54) is 0 Å². The summed E-state index contributed by atoms with van der Waals surface area (Å²) in [6, 6.07) is 5.88. The van der Waals surface area contributed by atoms with Gasteiger partial charge in [-0.3, -0.25) is 4.79 Å². The molecule has 0 spiro atoms. The monoisotopic (exact) mass is 348 g/mol. The summed E-state index contributed by atoms with van der Waals surface area (Å²) in [6.45, 7) is 8.24. The van der Waals surface area contributed by atoms with Crippen LogP contribution in [0.15, 0.2) is 18.2 Å². The van der Waals surface area contributed by atoms with E-state index < -0.39 is 23.5 Å². The Kier molecular flexibility index (Phi) is 6.22. The zero-order chi connectivity index (χ0) is 18.6. The second-order valence-electron chi connectivity index (χ2n) is 6.96. The maximum absolute atomic E-state index is 12.6. The molecule has 0 bridgehead atoms. The first-order chi connectivity index (χ1) is 11.8. The number of carbonyl (C=O) groups excluding carboxylic acids is 1. The standard InChI is InChI=1S/C20H28O5/c1-5-24-16-8-10-20(11-9-16,19(22)23)25-18(21)15(4)17-7-6-13(2)12-14(17)3/h6-7,12,15-16H,5,8-11H2,1-4H3,(H,22,23). The van der Waals surface area contributed by atoms with Crippen molar-refractivity contribution < 1.29 is 24.2 Å². The van der Waals surface area contributed by atoms with E-state index in [1.54, 1.807) is 6.92 Å². The van der Waals surface area contributed by atoms with Gasteiger partial charge in [-0.2, -0.15) is 0 Å². The number of carboxylic acid groups (broad SMARTS) is 1. The average Bonchev–Trinajstić information content (AvgIpc) is 2.56. The third-order valence-electron chi connectivity index (χ3n) is 5.07. The SMILES string of the molecule is CCOC1CCC(OC(=O)C(C)c2ccc(C)cc2C)(C(=O)O)CC1. The molecule has 5 heteroatoms. The molecule has 25 heavy (non-hydrogen) atoms. The summed E-state index contributed by atoms with van der Waals surface area (Å²) in [5.41, 5.74) is 1.57. The van der Waals surface area contributed by atoms with Crippen molar-refractivity contribution in [2.45, 2.75) is 71.0 Å². The predicted molar refractivity (Wildman–Crippen MR) is 94.7 cm³/mol. The molecule has 0 aliphatic heterocycles. The first-order valence-electron chi connectivity index (χ1n) is 8.94. The Morgan fingerprint density at radius 3 is 2.44 bits per heavy atom. The summed E-state index contributed by atoms with van der Waals surface area (Å²) in [6.07, 6.45) is 1.81. The summed E-state index contributed by atoms with van der Waals surface area (Å²) < 4.78 is 11.1. The van der Waals surface area contributed by atoms with E-state index in [1.807, 2.05) is 39.0 Å². The van der Waals surface area contributed by atoms with Crippen molar-refractivity contribution >= 4 is 11.9 Å². The molecule has 0 aromatic heterocycles. The summed E-state index contributed by atoms with van der Waals surface area (Å²) in [7, 11) is 0. The zero-order valence-electron chi connectivity index (χ0n) is 15.5. The van der Waals surface area contributed by atoms with E-state index in [9.17, 15) is 14.7 Å². The molecule has 5 nitrogen and oxygen atoms in total. The Bertz CT molecular complexity index is 629. The summed E-state index contributed by atoms with van der Waals surface area (Å²) in [5, 5.41) is 9.68. The third-order valence-corrected chi connectivity index (χ3v) is 5.07. The van der Waals surface area contributed by atoms with Crippen molar-refractivity contribution in [3.8, 4) is 0 Å². The molecular weight excluding hydrogens is 320 g/mol. The van der Waals surface area contributed by atoms with Crippen LogP contribution >= 0.6 is 0 Å². The van der Waals surface area contributed by atoms with Crippen molar-refractivity contribution in [1.29, 1.82) is 0 Å². The highest BCUT2D eigenvalue weighted by atomic mass is 16.6. The number of ether oxygens (including phenoxy) is 2. The van der Waals surface area contributed by atoms with Crippen LogP contribution in [0.4, 0.5) is 0 Å². The maximum Gasteiger partial charge on any atom is 0.348 e. The lowest BCUT2D eigenvalue weighted by molar-refractivity contribution is -0.186. The van der Waals surface area contributed by atoms with Crippen LogP contribution in [-0.4, -0.2) is 35.4 Å². The first kappa shape index (κ1) is 19.4. The molecule has 0 radical (unpaired) electrons. The number of aryl methyl sites for hydroxylation is 2. The van der Waals surface area contributed by atoms with Crippen LogP contribution in [0.5, 0.6) is 0 Å². The molecule has 1 aliphatic carbocycles. The molecule has 0 amide bonds. The van der Waals surface area contributed by atoms with Crippen molar-refractivity contribution in [2.24, 2.45) is 0 Å². The lowest BCUT2D eigenvalue weighted by atomic mass is 9.82. The van der Waals surface area contributed by atoms with Gasteiger partial charge < -0.3 is 14.6 Å². The van der Waals surface area contributed by atoms with Gasteiger partial charge in [-0.25, -0.2) is 4.79 Å². The molecule has 1 fully saturated rings. The molecule has 1 aliphatic rings.